The van der Waals surface area contributed by atoms with Crippen LogP contribution in [0.1, 0.15) is 26.4 Å². The Morgan fingerprint density at radius 3 is 2.59 bits per heavy atom. The van der Waals surface area contributed by atoms with Crippen LogP contribution in [-0.2, 0) is 16.0 Å². The topological polar surface area (TPSA) is 97.4 Å². The first-order valence-corrected chi connectivity index (χ1v) is 9.70. The monoisotopic (exact) mass is 429 g/mol. The van der Waals surface area contributed by atoms with E-state index in [1.165, 1.54) is 30.7 Å². The lowest BCUT2D eigenvalue weighted by molar-refractivity contribution is -0.115. The third kappa shape index (κ3) is 5.40. The van der Waals surface area contributed by atoms with Gasteiger partial charge in [-0.1, -0.05) is 41.9 Å². The van der Waals surface area contributed by atoms with E-state index in [1.807, 2.05) is 30.3 Å². The number of thiazole rings is 1. The molecule has 0 bridgehead atoms. The number of esters is 1. The maximum absolute atomic E-state index is 12.5. The normalized spacial score (nSPS) is 10.3. The van der Waals surface area contributed by atoms with E-state index in [-0.39, 0.29) is 34.3 Å². The highest BCUT2D eigenvalue weighted by molar-refractivity contribution is 7.14. The van der Waals surface area contributed by atoms with Crippen LogP contribution in [0.2, 0.25) is 5.02 Å². The number of nitrogens with one attached hydrogen (secondary N) is 2. The largest absolute Gasteiger partial charge is 0.465 e. The average Bonchev–Trinajstić information content (AvgIpc) is 3.18. The zero-order valence-corrected chi connectivity index (χ0v) is 16.8. The smallest absolute Gasteiger partial charge is 0.337 e. The molecule has 0 fully saturated rings. The van der Waals surface area contributed by atoms with Crippen molar-refractivity contribution in [2.75, 3.05) is 17.7 Å². The van der Waals surface area contributed by atoms with Crippen molar-refractivity contribution in [1.82, 2.24) is 4.98 Å². The highest BCUT2D eigenvalue weighted by Gasteiger charge is 2.16. The molecule has 9 heteroatoms. The van der Waals surface area contributed by atoms with E-state index >= 15 is 0 Å². The lowest BCUT2D eigenvalue weighted by Gasteiger charge is -2.07. The van der Waals surface area contributed by atoms with Gasteiger partial charge in [-0.05, 0) is 23.8 Å². The summed E-state index contributed by atoms with van der Waals surface area (Å²) in [4.78, 5) is 40.3. The summed E-state index contributed by atoms with van der Waals surface area (Å²) in [6.45, 7) is 0. The van der Waals surface area contributed by atoms with Gasteiger partial charge in [0.1, 0.15) is 5.69 Å². The molecule has 2 amide bonds. The van der Waals surface area contributed by atoms with Crippen molar-refractivity contribution in [3.05, 3.63) is 75.8 Å². The summed E-state index contributed by atoms with van der Waals surface area (Å²) in [5.74, 6) is -1.30. The maximum atomic E-state index is 12.5. The Labute approximate surface area is 175 Å². The fourth-order valence-corrected chi connectivity index (χ4v) is 3.30. The lowest BCUT2D eigenvalue weighted by atomic mass is 10.1. The van der Waals surface area contributed by atoms with Crippen LogP contribution < -0.4 is 10.6 Å². The molecule has 1 heterocycles. The summed E-state index contributed by atoms with van der Waals surface area (Å²) in [7, 11) is 1.26. The van der Waals surface area contributed by atoms with Gasteiger partial charge in [0.25, 0.3) is 5.91 Å². The minimum absolute atomic E-state index is 0.115. The first kappa shape index (κ1) is 20.5. The number of hydrogen-bond donors (Lipinski definition) is 2. The molecule has 0 aliphatic heterocycles. The van der Waals surface area contributed by atoms with Crippen LogP contribution >= 0.6 is 22.9 Å². The Hall–Kier alpha value is -3.23. The van der Waals surface area contributed by atoms with Gasteiger partial charge in [-0.3, -0.25) is 9.59 Å². The summed E-state index contributed by atoms with van der Waals surface area (Å²) in [5.41, 5.74) is 1.49. The predicted octanol–water partition coefficient (Wildman–Crippen LogP) is 4.02. The first-order chi connectivity index (χ1) is 14.0. The van der Waals surface area contributed by atoms with Crippen molar-refractivity contribution in [1.29, 1.82) is 0 Å². The van der Waals surface area contributed by atoms with Gasteiger partial charge in [0.05, 0.1) is 29.8 Å². The molecule has 0 saturated carbocycles. The quantitative estimate of drug-likeness (QED) is 0.577. The van der Waals surface area contributed by atoms with Crippen molar-refractivity contribution >= 4 is 51.5 Å². The van der Waals surface area contributed by atoms with Gasteiger partial charge in [-0.2, -0.15) is 0 Å². The molecule has 0 saturated heterocycles. The number of halogens is 1. The molecule has 3 aromatic rings. The van der Waals surface area contributed by atoms with Crippen molar-refractivity contribution in [2.45, 2.75) is 6.42 Å². The number of methoxy groups -OCH3 is 1. The molecule has 0 atom stereocenters. The highest BCUT2D eigenvalue weighted by Crippen LogP contribution is 2.25. The van der Waals surface area contributed by atoms with E-state index in [0.717, 1.165) is 16.9 Å². The van der Waals surface area contributed by atoms with E-state index < -0.39 is 11.9 Å². The molecular formula is C20H16ClN3O4S. The van der Waals surface area contributed by atoms with E-state index in [1.54, 1.807) is 0 Å². The number of carbonyl (C=O) groups is 3. The number of nitrogens with zero attached hydrogens (tertiary/aromatic N) is 1. The van der Waals surface area contributed by atoms with Crippen LogP contribution in [0.15, 0.2) is 53.9 Å². The number of ether oxygens (including phenoxy) is 1. The summed E-state index contributed by atoms with van der Waals surface area (Å²) in [6, 6.07) is 13.7. The van der Waals surface area contributed by atoms with Gasteiger partial charge < -0.3 is 15.4 Å². The Balaban J connectivity index is 1.65. The molecule has 0 aliphatic rings. The van der Waals surface area contributed by atoms with Gasteiger partial charge in [0.2, 0.25) is 5.91 Å². The molecule has 2 N–H and O–H groups in total. The number of anilines is 2. The van der Waals surface area contributed by atoms with Gasteiger partial charge in [-0.25, -0.2) is 9.78 Å². The van der Waals surface area contributed by atoms with Crippen LogP contribution in [0.4, 0.5) is 10.8 Å². The number of hydrogen-bond acceptors (Lipinski definition) is 6. The average molecular weight is 430 g/mol. The third-order valence-electron chi connectivity index (χ3n) is 3.83. The maximum Gasteiger partial charge on any atom is 0.337 e. The summed E-state index contributed by atoms with van der Waals surface area (Å²) in [5, 5.41) is 7.37. The predicted molar refractivity (Wildman–Crippen MR) is 112 cm³/mol. The molecule has 1 aromatic heterocycles. The second-order valence-corrected chi connectivity index (χ2v) is 7.15. The Bertz CT molecular complexity index is 1050. The molecule has 0 radical (unpaired) electrons. The molecule has 148 valence electrons. The Kier molecular flexibility index (Phi) is 6.58. The molecule has 3 rings (SSSR count). The second-order valence-electron chi connectivity index (χ2n) is 5.89. The minimum Gasteiger partial charge on any atom is -0.465 e. The van der Waals surface area contributed by atoms with Gasteiger partial charge in [0.15, 0.2) is 5.13 Å². The van der Waals surface area contributed by atoms with Crippen LogP contribution in [0.25, 0.3) is 0 Å². The number of carbonyl (C=O) groups excluding carboxylic acids is 3. The summed E-state index contributed by atoms with van der Waals surface area (Å²) < 4.78 is 4.66. The van der Waals surface area contributed by atoms with Crippen LogP contribution in [-0.4, -0.2) is 29.9 Å². The van der Waals surface area contributed by atoms with Crippen molar-refractivity contribution in [2.24, 2.45) is 0 Å². The molecule has 0 unspecified atom stereocenters. The molecule has 0 aliphatic carbocycles. The SMILES string of the molecule is COC(=O)c1ccc(Cl)c(NC(=O)c2csc(NC(=O)Cc3ccccc3)n2)c1. The van der Waals surface area contributed by atoms with Crippen LogP contribution in [0.3, 0.4) is 0 Å². The van der Waals surface area contributed by atoms with E-state index in [4.69, 9.17) is 11.6 Å². The third-order valence-corrected chi connectivity index (χ3v) is 4.91. The fourth-order valence-electron chi connectivity index (χ4n) is 2.43. The van der Waals surface area contributed by atoms with Crippen molar-refractivity contribution in [3.63, 3.8) is 0 Å². The van der Waals surface area contributed by atoms with E-state index in [2.05, 4.69) is 20.4 Å². The van der Waals surface area contributed by atoms with Crippen molar-refractivity contribution in [3.8, 4) is 0 Å². The van der Waals surface area contributed by atoms with E-state index in [9.17, 15) is 14.4 Å². The molecule has 29 heavy (non-hydrogen) atoms. The fraction of sp³-hybridized carbons (Fsp3) is 0.100. The Morgan fingerprint density at radius 1 is 1.10 bits per heavy atom. The molecule has 0 spiro atoms. The molecule has 7 nitrogen and oxygen atoms in total. The zero-order chi connectivity index (χ0) is 20.8. The Morgan fingerprint density at radius 2 is 1.86 bits per heavy atom. The first-order valence-electron chi connectivity index (χ1n) is 8.45. The molecular weight excluding hydrogens is 414 g/mol. The minimum atomic E-state index is -0.547. The standard InChI is InChI=1S/C20H16ClN3O4S/c1-28-19(27)13-7-8-14(21)15(10-13)22-18(26)16-11-29-20(23-16)24-17(25)9-12-5-3-2-4-6-12/h2-8,10-11H,9H2,1H3,(H,22,26)(H,23,24,25). The van der Waals surface area contributed by atoms with E-state index in [0.29, 0.717) is 5.13 Å². The number of benzene rings is 2. The zero-order valence-electron chi connectivity index (χ0n) is 15.3. The van der Waals surface area contributed by atoms with Gasteiger partial charge >= 0.3 is 5.97 Å². The number of rotatable bonds is 6. The van der Waals surface area contributed by atoms with Crippen molar-refractivity contribution < 1.29 is 19.1 Å². The highest BCUT2D eigenvalue weighted by atomic mass is 35.5. The lowest BCUT2D eigenvalue weighted by Crippen LogP contribution is -2.16. The second kappa shape index (κ2) is 9.31. The summed E-state index contributed by atoms with van der Waals surface area (Å²) >= 11 is 7.22. The number of aromatic nitrogens is 1. The van der Waals surface area contributed by atoms with Crippen LogP contribution in [0, 0.1) is 0 Å². The van der Waals surface area contributed by atoms with Crippen LogP contribution in [0.5, 0.6) is 0 Å². The summed E-state index contributed by atoms with van der Waals surface area (Å²) in [6.07, 6.45) is 0.206. The molecule has 2 aromatic carbocycles. The number of amides is 2. The van der Waals surface area contributed by atoms with Gasteiger partial charge in [-0.15, -0.1) is 11.3 Å². The van der Waals surface area contributed by atoms with Gasteiger partial charge in [0, 0.05) is 5.38 Å².